The Morgan fingerprint density at radius 3 is 2.27 bits per heavy atom. The van der Waals surface area contributed by atoms with E-state index in [1.54, 1.807) is 30.3 Å². The monoisotopic (exact) mass is 355 g/mol. The van der Waals surface area contributed by atoms with E-state index in [-0.39, 0.29) is 11.5 Å². The van der Waals surface area contributed by atoms with Crippen LogP contribution < -0.4 is 19.9 Å². The fourth-order valence-electron chi connectivity index (χ4n) is 2.75. The van der Waals surface area contributed by atoms with Crippen LogP contribution in [0.15, 0.2) is 36.4 Å². The number of nitrogens with zero attached hydrogens (tertiary/aromatic N) is 2. The van der Waals surface area contributed by atoms with Crippen molar-refractivity contribution >= 4 is 22.4 Å². The smallest absolute Gasteiger partial charge is 0.281 e. The average Bonchev–Trinajstić information content (AvgIpc) is 2.65. The lowest BCUT2D eigenvalue weighted by Crippen LogP contribution is -1.99. The second kappa shape index (κ2) is 6.75. The zero-order valence-electron chi connectivity index (χ0n) is 14.5. The molecular weight excluding hydrogens is 338 g/mol. The lowest BCUT2D eigenvalue weighted by molar-refractivity contribution is -0.384. The van der Waals surface area contributed by atoms with Crippen LogP contribution in [0.1, 0.15) is 0 Å². The number of hydrogen-bond donors (Lipinski definition) is 1. The maximum atomic E-state index is 11.5. The van der Waals surface area contributed by atoms with Gasteiger partial charge in [0.05, 0.1) is 43.4 Å². The largest absolute Gasteiger partial charge is 0.497 e. The van der Waals surface area contributed by atoms with Crippen molar-refractivity contribution in [1.82, 2.24) is 4.98 Å². The number of aromatic nitrogens is 1. The highest BCUT2D eigenvalue weighted by atomic mass is 16.6. The number of benzene rings is 2. The molecule has 0 saturated carbocycles. The van der Waals surface area contributed by atoms with Crippen LogP contribution in [0.4, 0.5) is 11.5 Å². The summed E-state index contributed by atoms with van der Waals surface area (Å²) in [6, 6.07) is 9.79. The van der Waals surface area contributed by atoms with Crippen LogP contribution >= 0.6 is 0 Å². The molecule has 0 bridgehead atoms. The molecule has 2 N–H and O–H groups in total. The van der Waals surface area contributed by atoms with Crippen molar-refractivity contribution in [3.63, 3.8) is 0 Å². The Hall–Kier alpha value is -3.55. The van der Waals surface area contributed by atoms with Crippen molar-refractivity contribution in [2.75, 3.05) is 27.1 Å². The minimum absolute atomic E-state index is 0.113. The first-order valence-electron chi connectivity index (χ1n) is 7.63. The van der Waals surface area contributed by atoms with Crippen molar-refractivity contribution in [3.05, 3.63) is 46.5 Å². The Morgan fingerprint density at radius 1 is 0.962 bits per heavy atom. The lowest BCUT2D eigenvalue weighted by atomic mass is 10.0. The van der Waals surface area contributed by atoms with Gasteiger partial charge < -0.3 is 19.9 Å². The first-order chi connectivity index (χ1) is 12.5. The van der Waals surface area contributed by atoms with Gasteiger partial charge in [-0.25, -0.2) is 4.98 Å². The number of anilines is 1. The van der Waals surface area contributed by atoms with E-state index in [0.29, 0.717) is 33.9 Å². The standard InChI is InChI=1S/C18H17N3O5/c1-24-11-4-5-12(15(8-11)21(22)23)13-6-10-7-16(25-2)17(26-3)9-14(10)20-18(13)19/h4-9H,1-3H3,(H2,19,20). The maximum absolute atomic E-state index is 11.5. The summed E-state index contributed by atoms with van der Waals surface area (Å²) in [7, 11) is 4.51. The van der Waals surface area contributed by atoms with Crippen molar-refractivity contribution in [3.8, 4) is 28.4 Å². The fourth-order valence-corrected chi connectivity index (χ4v) is 2.75. The third-order valence-electron chi connectivity index (χ3n) is 4.04. The summed E-state index contributed by atoms with van der Waals surface area (Å²) in [5.74, 6) is 1.62. The van der Waals surface area contributed by atoms with Gasteiger partial charge in [0.15, 0.2) is 11.5 Å². The molecular formula is C18H17N3O5. The minimum Gasteiger partial charge on any atom is -0.497 e. The average molecular weight is 355 g/mol. The van der Waals surface area contributed by atoms with Crippen LogP contribution in [0, 0.1) is 10.1 Å². The molecule has 0 saturated heterocycles. The molecule has 0 radical (unpaired) electrons. The topological polar surface area (TPSA) is 110 Å². The zero-order valence-corrected chi connectivity index (χ0v) is 14.5. The van der Waals surface area contributed by atoms with Gasteiger partial charge in [-0.3, -0.25) is 10.1 Å². The summed E-state index contributed by atoms with van der Waals surface area (Å²) >= 11 is 0. The number of fused-ring (bicyclic) bond motifs is 1. The van der Waals surface area contributed by atoms with Crippen LogP contribution in [-0.4, -0.2) is 31.2 Å². The van der Waals surface area contributed by atoms with Crippen LogP contribution in [0.2, 0.25) is 0 Å². The number of nitro benzene ring substituents is 1. The molecule has 3 aromatic rings. The third kappa shape index (κ3) is 2.92. The Balaban J connectivity index is 2.26. The lowest BCUT2D eigenvalue weighted by Gasteiger charge is -2.12. The SMILES string of the molecule is COc1ccc(-c2cc3cc(OC)c(OC)cc3nc2N)c([N+](=O)[O-])c1. The Labute approximate surface area is 149 Å². The van der Waals surface area contributed by atoms with Gasteiger partial charge in [-0.2, -0.15) is 0 Å². The van der Waals surface area contributed by atoms with Crippen molar-refractivity contribution in [2.24, 2.45) is 0 Å². The van der Waals surface area contributed by atoms with E-state index >= 15 is 0 Å². The summed E-state index contributed by atoms with van der Waals surface area (Å²) in [6.45, 7) is 0. The van der Waals surface area contributed by atoms with E-state index in [9.17, 15) is 10.1 Å². The van der Waals surface area contributed by atoms with Crippen molar-refractivity contribution in [2.45, 2.75) is 0 Å². The number of pyridine rings is 1. The fraction of sp³-hybridized carbons (Fsp3) is 0.167. The van der Waals surface area contributed by atoms with Gasteiger partial charge in [-0.05, 0) is 24.3 Å². The molecule has 26 heavy (non-hydrogen) atoms. The van der Waals surface area contributed by atoms with Gasteiger partial charge in [0.1, 0.15) is 11.6 Å². The van der Waals surface area contributed by atoms with Gasteiger partial charge in [0.25, 0.3) is 5.69 Å². The molecule has 0 unspecified atom stereocenters. The van der Waals surface area contributed by atoms with E-state index in [1.807, 2.05) is 0 Å². The van der Waals surface area contributed by atoms with Crippen LogP contribution in [0.5, 0.6) is 17.2 Å². The van der Waals surface area contributed by atoms with E-state index in [2.05, 4.69) is 4.98 Å². The molecule has 3 rings (SSSR count). The van der Waals surface area contributed by atoms with Gasteiger partial charge >= 0.3 is 0 Å². The highest BCUT2D eigenvalue weighted by Crippen LogP contribution is 2.39. The summed E-state index contributed by atoms with van der Waals surface area (Å²) in [4.78, 5) is 15.4. The molecule has 8 nitrogen and oxygen atoms in total. The summed E-state index contributed by atoms with van der Waals surface area (Å²) in [6.07, 6.45) is 0. The van der Waals surface area contributed by atoms with E-state index < -0.39 is 4.92 Å². The van der Waals surface area contributed by atoms with Gasteiger partial charge in [0, 0.05) is 17.0 Å². The number of nitrogen functional groups attached to an aromatic ring is 1. The van der Waals surface area contributed by atoms with Gasteiger partial charge in [-0.15, -0.1) is 0 Å². The molecule has 8 heteroatoms. The molecule has 0 fully saturated rings. The molecule has 0 amide bonds. The maximum Gasteiger partial charge on any atom is 0.281 e. The molecule has 134 valence electrons. The predicted octanol–water partition coefficient (Wildman–Crippen LogP) is 3.42. The number of ether oxygens (including phenoxy) is 3. The second-order valence-electron chi connectivity index (χ2n) is 5.46. The zero-order chi connectivity index (χ0) is 18.8. The quantitative estimate of drug-likeness (QED) is 0.551. The number of rotatable bonds is 5. The predicted molar refractivity (Wildman–Crippen MR) is 97.9 cm³/mol. The van der Waals surface area contributed by atoms with Crippen LogP contribution in [0.3, 0.4) is 0 Å². The van der Waals surface area contributed by atoms with Gasteiger partial charge in [0.2, 0.25) is 0 Å². The molecule has 1 aromatic heterocycles. The highest BCUT2D eigenvalue weighted by molar-refractivity contribution is 5.92. The van der Waals surface area contributed by atoms with Crippen LogP contribution in [0.25, 0.3) is 22.0 Å². The summed E-state index contributed by atoms with van der Waals surface area (Å²) in [5, 5.41) is 12.2. The number of methoxy groups -OCH3 is 3. The van der Waals surface area contributed by atoms with Crippen LogP contribution in [-0.2, 0) is 0 Å². The normalized spacial score (nSPS) is 10.6. The van der Waals surface area contributed by atoms with Gasteiger partial charge in [-0.1, -0.05) is 0 Å². The third-order valence-corrected chi connectivity index (χ3v) is 4.04. The second-order valence-corrected chi connectivity index (χ2v) is 5.46. The van der Waals surface area contributed by atoms with Crippen molar-refractivity contribution < 1.29 is 19.1 Å². The minimum atomic E-state index is -0.476. The first-order valence-corrected chi connectivity index (χ1v) is 7.63. The molecule has 1 heterocycles. The molecule has 0 aliphatic heterocycles. The van der Waals surface area contributed by atoms with E-state index in [4.69, 9.17) is 19.9 Å². The Morgan fingerprint density at radius 2 is 1.65 bits per heavy atom. The molecule has 2 aromatic carbocycles. The van der Waals surface area contributed by atoms with E-state index in [1.165, 1.54) is 27.4 Å². The number of nitro groups is 1. The van der Waals surface area contributed by atoms with Crippen molar-refractivity contribution in [1.29, 1.82) is 0 Å². The number of hydrogen-bond acceptors (Lipinski definition) is 7. The Bertz CT molecular complexity index is 1000. The molecule has 0 spiro atoms. The summed E-state index contributed by atoms with van der Waals surface area (Å²) in [5.41, 5.74) is 7.38. The molecule has 0 aliphatic carbocycles. The molecule has 0 aliphatic rings. The van der Waals surface area contributed by atoms with E-state index in [0.717, 1.165) is 5.39 Å². The summed E-state index contributed by atoms with van der Waals surface area (Å²) < 4.78 is 15.6. The highest BCUT2D eigenvalue weighted by Gasteiger charge is 2.20. The Kier molecular flexibility index (Phi) is 4.49. The number of nitrogens with two attached hydrogens (primary N) is 1. The first kappa shape index (κ1) is 17.3. The molecule has 0 atom stereocenters.